The molecule has 0 amide bonds. The van der Waals surface area contributed by atoms with Crippen molar-refractivity contribution in [2.24, 2.45) is 0 Å². The molecule has 2 aromatic carbocycles. The van der Waals surface area contributed by atoms with Gasteiger partial charge in [-0.05, 0) is 18.2 Å². The molecule has 3 N–H and O–H groups in total. The SMILES string of the molecule is O=c1oc2cc(NCC(O)CO)ccc2cc1-n1ncc(-c2ccccc2)n1. The molecule has 2 heterocycles. The lowest BCUT2D eigenvalue weighted by Crippen LogP contribution is -2.22. The first-order valence-corrected chi connectivity index (χ1v) is 8.73. The Bertz CT molecular complexity index is 1150. The number of hydrogen-bond acceptors (Lipinski definition) is 7. The summed E-state index contributed by atoms with van der Waals surface area (Å²) in [5.74, 6) is 0. The van der Waals surface area contributed by atoms with Crippen LogP contribution >= 0.6 is 0 Å². The number of hydrogen-bond donors (Lipinski definition) is 3. The number of fused-ring (bicyclic) bond motifs is 1. The number of anilines is 1. The van der Waals surface area contributed by atoms with E-state index in [-0.39, 0.29) is 18.8 Å². The first kappa shape index (κ1) is 17.9. The summed E-state index contributed by atoms with van der Waals surface area (Å²) in [7, 11) is 0. The second kappa shape index (κ2) is 7.63. The van der Waals surface area contributed by atoms with E-state index in [4.69, 9.17) is 9.52 Å². The second-order valence-corrected chi connectivity index (χ2v) is 6.27. The van der Waals surface area contributed by atoms with Gasteiger partial charge in [0.2, 0.25) is 0 Å². The van der Waals surface area contributed by atoms with Crippen LogP contribution in [0.4, 0.5) is 5.69 Å². The minimum Gasteiger partial charge on any atom is -0.421 e. The van der Waals surface area contributed by atoms with Crippen LogP contribution in [-0.2, 0) is 0 Å². The minimum absolute atomic E-state index is 0.184. The first-order chi connectivity index (χ1) is 13.6. The number of nitrogens with zero attached hydrogens (tertiary/aromatic N) is 3. The fraction of sp³-hybridized carbons (Fsp3) is 0.150. The second-order valence-electron chi connectivity index (χ2n) is 6.27. The van der Waals surface area contributed by atoms with E-state index in [1.54, 1.807) is 30.5 Å². The highest BCUT2D eigenvalue weighted by atomic mass is 16.4. The number of rotatable bonds is 6. The molecule has 1 unspecified atom stereocenters. The van der Waals surface area contributed by atoms with Gasteiger partial charge >= 0.3 is 5.63 Å². The Kier molecular flexibility index (Phi) is 4.88. The van der Waals surface area contributed by atoms with Crippen molar-refractivity contribution in [3.63, 3.8) is 0 Å². The van der Waals surface area contributed by atoms with E-state index < -0.39 is 11.7 Å². The van der Waals surface area contributed by atoms with Crippen LogP contribution in [0.15, 0.2) is 70.0 Å². The predicted molar refractivity (Wildman–Crippen MR) is 104 cm³/mol. The van der Waals surface area contributed by atoms with Gasteiger partial charge in [-0.15, -0.1) is 9.90 Å². The van der Waals surface area contributed by atoms with Crippen molar-refractivity contribution in [1.82, 2.24) is 15.0 Å². The molecule has 8 nitrogen and oxygen atoms in total. The zero-order valence-electron chi connectivity index (χ0n) is 14.8. The van der Waals surface area contributed by atoms with Gasteiger partial charge in [-0.1, -0.05) is 30.3 Å². The van der Waals surface area contributed by atoms with Crippen molar-refractivity contribution in [2.75, 3.05) is 18.5 Å². The van der Waals surface area contributed by atoms with Gasteiger partial charge in [0, 0.05) is 29.2 Å². The highest BCUT2D eigenvalue weighted by Gasteiger charge is 2.12. The Morgan fingerprint density at radius 3 is 2.75 bits per heavy atom. The molecule has 0 aliphatic carbocycles. The van der Waals surface area contributed by atoms with Crippen LogP contribution in [0.25, 0.3) is 27.9 Å². The van der Waals surface area contributed by atoms with Gasteiger partial charge in [-0.25, -0.2) is 4.79 Å². The molecule has 142 valence electrons. The third kappa shape index (κ3) is 3.64. The highest BCUT2D eigenvalue weighted by molar-refractivity contribution is 5.81. The summed E-state index contributed by atoms with van der Waals surface area (Å²) in [5.41, 5.74) is 2.27. The van der Waals surface area contributed by atoms with Gasteiger partial charge < -0.3 is 19.9 Å². The zero-order valence-corrected chi connectivity index (χ0v) is 14.8. The Balaban J connectivity index is 1.65. The molecular weight excluding hydrogens is 360 g/mol. The average Bonchev–Trinajstić information content (AvgIpc) is 3.22. The van der Waals surface area contributed by atoms with Crippen molar-refractivity contribution in [1.29, 1.82) is 0 Å². The molecule has 0 fully saturated rings. The smallest absolute Gasteiger partial charge is 0.364 e. The molecule has 4 rings (SSSR count). The first-order valence-electron chi connectivity index (χ1n) is 8.73. The summed E-state index contributed by atoms with van der Waals surface area (Å²) in [5, 5.41) is 30.5. The van der Waals surface area contributed by atoms with E-state index in [0.717, 1.165) is 5.56 Å². The molecule has 0 aliphatic heterocycles. The van der Waals surface area contributed by atoms with Crippen molar-refractivity contribution in [3.05, 3.63) is 71.2 Å². The molecular formula is C20H18N4O4. The number of benzene rings is 2. The standard InChI is InChI=1S/C20H18N4O4/c25-12-16(26)10-21-15-7-6-14-8-18(20(27)28-19(14)9-15)24-22-11-17(23-24)13-4-2-1-3-5-13/h1-9,11,16,21,25-26H,10,12H2. The summed E-state index contributed by atoms with van der Waals surface area (Å²) in [6.45, 7) is -0.148. The molecule has 0 aliphatic rings. The number of aliphatic hydroxyl groups excluding tert-OH is 2. The van der Waals surface area contributed by atoms with E-state index in [9.17, 15) is 9.90 Å². The maximum atomic E-state index is 12.4. The summed E-state index contributed by atoms with van der Waals surface area (Å²) in [6, 6.07) is 16.5. The maximum absolute atomic E-state index is 12.4. The molecule has 2 aromatic heterocycles. The van der Waals surface area contributed by atoms with Crippen molar-refractivity contribution < 1.29 is 14.6 Å². The lowest BCUT2D eigenvalue weighted by atomic mass is 10.2. The Morgan fingerprint density at radius 1 is 1.14 bits per heavy atom. The largest absolute Gasteiger partial charge is 0.421 e. The zero-order chi connectivity index (χ0) is 19.5. The van der Waals surface area contributed by atoms with Crippen LogP contribution < -0.4 is 10.9 Å². The quantitative estimate of drug-likeness (QED) is 0.439. The monoisotopic (exact) mass is 378 g/mol. The van der Waals surface area contributed by atoms with Gasteiger partial charge in [-0.2, -0.15) is 5.10 Å². The van der Waals surface area contributed by atoms with Gasteiger partial charge in [0.1, 0.15) is 11.3 Å². The lowest BCUT2D eigenvalue weighted by molar-refractivity contribution is 0.105. The lowest BCUT2D eigenvalue weighted by Gasteiger charge is -2.10. The van der Waals surface area contributed by atoms with Crippen LogP contribution in [0.5, 0.6) is 0 Å². The van der Waals surface area contributed by atoms with E-state index >= 15 is 0 Å². The molecule has 8 heteroatoms. The molecule has 0 spiro atoms. The third-order valence-corrected chi connectivity index (χ3v) is 4.25. The maximum Gasteiger partial charge on any atom is 0.364 e. The van der Waals surface area contributed by atoms with Crippen LogP contribution in [0.2, 0.25) is 0 Å². The average molecular weight is 378 g/mol. The Morgan fingerprint density at radius 2 is 1.96 bits per heavy atom. The van der Waals surface area contributed by atoms with Gasteiger partial charge in [0.15, 0.2) is 5.69 Å². The normalized spacial score (nSPS) is 12.2. The van der Waals surface area contributed by atoms with E-state index in [0.29, 0.717) is 22.4 Å². The summed E-state index contributed by atoms with van der Waals surface area (Å²) in [4.78, 5) is 13.7. The van der Waals surface area contributed by atoms with Gasteiger partial charge in [0.25, 0.3) is 0 Å². The van der Waals surface area contributed by atoms with Crippen LogP contribution in [0.1, 0.15) is 0 Å². The molecule has 0 bridgehead atoms. The third-order valence-electron chi connectivity index (χ3n) is 4.25. The minimum atomic E-state index is -0.866. The van der Waals surface area contributed by atoms with Crippen molar-refractivity contribution in [2.45, 2.75) is 6.10 Å². The Hall–Kier alpha value is -3.49. The molecule has 0 saturated heterocycles. The van der Waals surface area contributed by atoms with Crippen LogP contribution in [0.3, 0.4) is 0 Å². The highest BCUT2D eigenvalue weighted by Crippen LogP contribution is 2.21. The van der Waals surface area contributed by atoms with E-state index in [1.165, 1.54) is 4.80 Å². The molecule has 1 atom stereocenters. The fourth-order valence-corrected chi connectivity index (χ4v) is 2.77. The number of nitrogens with one attached hydrogen (secondary N) is 1. The van der Waals surface area contributed by atoms with Crippen LogP contribution in [0, 0.1) is 0 Å². The molecule has 0 radical (unpaired) electrons. The van der Waals surface area contributed by atoms with Gasteiger partial charge in [0.05, 0.1) is 18.9 Å². The topological polar surface area (TPSA) is 113 Å². The molecule has 4 aromatic rings. The van der Waals surface area contributed by atoms with E-state index in [2.05, 4.69) is 15.5 Å². The summed E-state index contributed by atoms with van der Waals surface area (Å²) < 4.78 is 5.43. The fourth-order valence-electron chi connectivity index (χ4n) is 2.77. The van der Waals surface area contributed by atoms with Gasteiger partial charge in [-0.3, -0.25) is 0 Å². The van der Waals surface area contributed by atoms with Crippen LogP contribution in [-0.4, -0.2) is 44.5 Å². The molecule has 28 heavy (non-hydrogen) atoms. The predicted octanol–water partition coefficient (Wildman–Crippen LogP) is 1.81. The summed E-state index contributed by atoms with van der Waals surface area (Å²) >= 11 is 0. The van der Waals surface area contributed by atoms with E-state index in [1.807, 2.05) is 30.3 Å². The number of aliphatic hydroxyl groups is 2. The Labute approximate surface area is 159 Å². The summed E-state index contributed by atoms with van der Waals surface area (Å²) in [6.07, 6.45) is 0.730. The molecule has 0 saturated carbocycles. The number of aromatic nitrogens is 3. The van der Waals surface area contributed by atoms with Crippen molar-refractivity contribution in [3.8, 4) is 16.9 Å². The van der Waals surface area contributed by atoms with Crippen molar-refractivity contribution >= 4 is 16.7 Å².